The molecule has 1 aliphatic carbocycles. The van der Waals surface area contributed by atoms with E-state index in [1.54, 1.807) is 51.1 Å². The number of hydrogen-bond donors (Lipinski definition) is 4. The summed E-state index contributed by atoms with van der Waals surface area (Å²) in [5, 5.41) is 7.52. The Kier molecular flexibility index (Phi) is 16.3. The zero-order valence-corrected chi connectivity index (χ0v) is 34.8. The van der Waals surface area contributed by atoms with Crippen molar-refractivity contribution in [3.8, 4) is 11.3 Å². The minimum atomic E-state index is -4.97. The number of nitrogens with one attached hydrogen (secondary N) is 3. The molecule has 5 amide bonds. The van der Waals surface area contributed by atoms with Crippen molar-refractivity contribution in [2.75, 3.05) is 6.54 Å². The number of furan rings is 1. The molecule has 308 valence electrons. The van der Waals surface area contributed by atoms with Crippen LogP contribution < -0.4 is 21.7 Å². The minimum absolute atomic E-state index is 0.0128. The molecule has 1 aliphatic rings. The molecule has 2 aromatic carbocycles. The predicted octanol–water partition coefficient (Wildman–Crippen LogP) is 5.67. The molecular weight excluding hydrogens is 821 g/mol. The van der Waals surface area contributed by atoms with Crippen LogP contribution >= 0.6 is 34.8 Å². The molecule has 0 aliphatic heterocycles. The van der Waals surface area contributed by atoms with Crippen LogP contribution in [0.2, 0.25) is 15.1 Å². The van der Waals surface area contributed by atoms with Crippen molar-refractivity contribution in [3.05, 3.63) is 75.4 Å². The van der Waals surface area contributed by atoms with E-state index >= 15 is 0 Å². The van der Waals surface area contributed by atoms with Gasteiger partial charge in [-0.05, 0) is 79.3 Å². The summed E-state index contributed by atoms with van der Waals surface area (Å²) in [6.07, 6.45) is 4.50. The van der Waals surface area contributed by atoms with Gasteiger partial charge in [0.1, 0.15) is 24.4 Å². The molecule has 0 spiro atoms. The number of rotatable bonds is 17. The van der Waals surface area contributed by atoms with E-state index in [0.29, 0.717) is 35.6 Å². The van der Waals surface area contributed by atoms with Crippen LogP contribution in [0.15, 0.2) is 63.9 Å². The number of carbonyl (C=O) groups is 6. The van der Waals surface area contributed by atoms with Gasteiger partial charge in [-0.1, -0.05) is 94.1 Å². The molecule has 1 fully saturated rings. The van der Waals surface area contributed by atoms with Crippen LogP contribution in [0.1, 0.15) is 82.7 Å². The SMILES string of the molecule is CCC(N)C(=O)C(=O)NC(=O)CN(C(=O)[C@H](CC1CCCCC1)NC(=O)[C@@H](NC(=O)c1ccc(-c2ccc(Cl)cc2)o1)[C@@H](C)CC)S(=O)(=O)c1cc(Cl)cc(Cl)c1. The topological polar surface area (TPSA) is 215 Å². The summed E-state index contributed by atoms with van der Waals surface area (Å²) in [5.41, 5.74) is 6.32. The third-order valence-electron chi connectivity index (χ3n) is 9.86. The number of benzene rings is 2. The quantitative estimate of drug-likeness (QED) is 0.122. The van der Waals surface area contributed by atoms with E-state index in [1.165, 1.54) is 12.1 Å². The summed E-state index contributed by atoms with van der Waals surface area (Å²) in [6, 6.07) is 9.13. The third-order valence-corrected chi connectivity index (χ3v) is 12.3. The van der Waals surface area contributed by atoms with Gasteiger partial charge < -0.3 is 20.8 Å². The highest BCUT2D eigenvalue weighted by molar-refractivity contribution is 7.89. The summed E-state index contributed by atoms with van der Waals surface area (Å²) in [6.45, 7) is 3.81. The van der Waals surface area contributed by atoms with Gasteiger partial charge in [0, 0.05) is 20.6 Å². The van der Waals surface area contributed by atoms with Gasteiger partial charge >= 0.3 is 0 Å². The fraction of sp³-hybridized carbons (Fsp3) is 0.436. The number of nitrogens with zero attached hydrogens (tertiary/aromatic N) is 1. The molecule has 1 saturated carbocycles. The Morgan fingerprint density at radius 3 is 2.09 bits per heavy atom. The first-order valence-electron chi connectivity index (χ1n) is 18.6. The number of ketones is 1. The first-order chi connectivity index (χ1) is 26.9. The molecule has 0 bridgehead atoms. The molecular formula is C39H46Cl3N5O9S. The lowest BCUT2D eigenvalue weighted by atomic mass is 9.84. The van der Waals surface area contributed by atoms with Gasteiger partial charge in [0.05, 0.1) is 10.9 Å². The summed E-state index contributed by atoms with van der Waals surface area (Å²) < 4.78 is 34.5. The smallest absolute Gasteiger partial charge is 0.295 e. The monoisotopic (exact) mass is 865 g/mol. The fourth-order valence-corrected chi connectivity index (χ4v) is 8.59. The van der Waals surface area contributed by atoms with Gasteiger partial charge in [-0.3, -0.25) is 34.1 Å². The second-order valence-electron chi connectivity index (χ2n) is 14.0. The molecule has 1 unspecified atom stereocenters. The highest BCUT2D eigenvalue weighted by Gasteiger charge is 2.40. The number of hydrogen-bond acceptors (Lipinski definition) is 10. The lowest BCUT2D eigenvalue weighted by Gasteiger charge is -2.32. The third kappa shape index (κ3) is 12.1. The largest absolute Gasteiger partial charge is 0.451 e. The van der Waals surface area contributed by atoms with Crippen LogP contribution in [-0.2, 0) is 34.0 Å². The van der Waals surface area contributed by atoms with E-state index in [1.807, 2.05) is 5.32 Å². The number of amides is 5. The van der Waals surface area contributed by atoms with Gasteiger partial charge in [-0.25, -0.2) is 12.7 Å². The first kappa shape index (κ1) is 45.4. The van der Waals surface area contributed by atoms with Crippen molar-refractivity contribution >= 4 is 80.1 Å². The number of Topliss-reactive ketones (excluding diaryl/α,β-unsaturated/α-hetero) is 1. The second kappa shape index (κ2) is 20.4. The van der Waals surface area contributed by atoms with Gasteiger partial charge in [0.2, 0.25) is 17.6 Å². The van der Waals surface area contributed by atoms with Crippen molar-refractivity contribution in [1.82, 2.24) is 20.3 Å². The maximum Gasteiger partial charge on any atom is 0.295 e. The van der Waals surface area contributed by atoms with E-state index < -0.39 is 80.8 Å². The van der Waals surface area contributed by atoms with Crippen LogP contribution in [0.3, 0.4) is 0 Å². The molecule has 4 atom stereocenters. The Bertz CT molecular complexity index is 2050. The Morgan fingerprint density at radius 2 is 1.49 bits per heavy atom. The van der Waals surface area contributed by atoms with Crippen molar-refractivity contribution in [3.63, 3.8) is 0 Å². The molecule has 3 aromatic rings. The van der Waals surface area contributed by atoms with Crippen LogP contribution in [0.5, 0.6) is 0 Å². The molecule has 0 saturated heterocycles. The Balaban J connectivity index is 1.68. The fourth-order valence-electron chi connectivity index (χ4n) is 6.35. The zero-order chi connectivity index (χ0) is 42.0. The summed E-state index contributed by atoms with van der Waals surface area (Å²) in [7, 11) is -4.97. The maximum absolute atomic E-state index is 14.6. The average molecular weight is 867 g/mol. The van der Waals surface area contributed by atoms with Gasteiger partial charge in [0.25, 0.3) is 27.7 Å². The lowest BCUT2D eigenvalue weighted by Crippen LogP contribution is -2.58. The number of sulfonamides is 1. The number of halogens is 3. The minimum Gasteiger partial charge on any atom is -0.451 e. The number of carbonyl (C=O) groups excluding carboxylic acids is 6. The lowest BCUT2D eigenvalue weighted by molar-refractivity contribution is -0.142. The summed E-state index contributed by atoms with van der Waals surface area (Å²) in [4.78, 5) is 79.9. The van der Waals surface area contributed by atoms with Crippen molar-refractivity contribution < 1.29 is 41.6 Å². The van der Waals surface area contributed by atoms with Crippen molar-refractivity contribution in [2.45, 2.75) is 95.2 Å². The van der Waals surface area contributed by atoms with Gasteiger partial charge in [0.15, 0.2) is 5.76 Å². The Morgan fingerprint density at radius 1 is 0.860 bits per heavy atom. The van der Waals surface area contributed by atoms with E-state index in [0.717, 1.165) is 31.4 Å². The van der Waals surface area contributed by atoms with Crippen LogP contribution in [0.25, 0.3) is 11.3 Å². The average Bonchev–Trinajstić information content (AvgIpc) is 3.68. The maximum atomic E-state index is 14.6. The first-order valence-corrected chi connectivity index (χ1v) is 21.2. The van der Waals surface area contributed by atoms with Crippen molar-refractivity contribution in [1.29, 1.82) is 0 Å². The van der Waals surface area contributed by atoms with E-state index in [4.69, 9.17) is 45.0 Å². The molecule has 1 aromatic heterocycles. The zero-order valence-electron chi connectivity index (χ0n) is 31.7. The van der Waals surface area contributed by atoms with E-state index in [-0.39, 0.29) is 38.9 Å². The normalized spacial score (nSPS) is 15.4. The molecule has 0 radical (unpaired) electrons. The Hall–Kier alpha value is -4.28. The number of nitrogens with two attached hydrogens (primary N) is 1. The second-order valence-corrected chi connectivity index (χ2v) is 17.2. The molecule has 57 heavy (non-hydrogen) atoms. The highest BCUT2D eigenvalue weighted by Crippen LogP contribution is 2.30. The number of imide groups is 1. The van der Waals surface area contributed by atoms with Gasteiger partial charge in [-0.15, -0.1) is 0 Å². The highest BCUT2D eigenvalue weighted by atomic mass is 35.5. The predicted molar refractivity (Wildman–Crippen MR) is 215 cm³/mol. The summed E-state index contributed by atoms with van der Waals surface area (Å²) >= 11 is 18.3. The van der Waals surface area contributed by atoms with E-state index in [9.17, 15) is 37.2 Å². The molecule has 18 heteroatoms. The van der Waals surface area contributed by atoms with Crippen LogP contribution in [0, 0.1) is 11.8 Å². The molecule has 4 rings (SSSR count). The van der Waals surface area contributed by atoms with Crippen LogP contribution in [-0.4, -0.2) is 72.7 Å². The molecule has 14 nitrogen and oxygen atoms in total. The summed E-state index contributed by atoms with van der Waals surface area (Å²) in [5.74, 6) is -6.86. The standard InChI is InChI=1S/C39H46Cl3N5O9S/c1-4-22(3)34(46-36(50)32-16-15-31(56-32)24-11-13-25(40)14-12-24)37(51)44-30(17-23-9-7-6-8-10-23)39(53)47(21-33(48)45-38(52)35(49)29(43)5-2)57(54,55)28-19-26(41)18-27(42)20-28/h11-16,18-20,22-23,29-30,34H,4-10,17,21,43H2,1-3H3,(H,44,51)(H,46,50)(H,45,48,52)/t22-,29?,30-,34-/m0/s1. The van der Waals surface area contributed by atoms with E-state index in [2.05, 4.69) is 10.6 Å². The van der Waals surface area contributed by atoms with Crippen molar-refractivity contribution in [2.24, 2.45) is 17.6 Å². The van der Waals surface area contributed by atoms with Gasteiger partial charge in [-0.2, -0.15) is 0 Å². The Labute approximate surface area is 346 Å². The van der Waals surface area contributed by atoms with Crippen LogP contribution in [0.4, 0.5) is 0 Å². The molecule has 1 heterocycles. The molecule has 5 N–H and O–H groups in total.